The molecule has 2 aromatic carbocycles. The molecule has 0 radical (unpaired) electrons. The topological polar surface area (TPSA) is 103 Å². The zero-order valence-corrected chi connectivity index (χ0v) is 23.9. The van der Waals surface area contributed by atoms with Gasteiger partial charge in [-0.2, -0.15) is 10.2 Å². The lowest BCUT2D eigenvalue weighted by Crippen LogP contribution is -2.15. The molecule has 1 aliphatic heterocycles. The maximum atomic E-state index is 4.44. The van der Waals surface area contributed by atoms with Gasteiger partial charge in [0.25, 0.3) is 5.13 Å². The smallest absolute Gasteiger partial charge is 0.252 e. The van der Waals surface area contributed by atoms with E-state index >= 15 is 0 Å². The van der Waals surface area contributed by atoms with E-state index in [4.69, 9.17) is 0 Å². The van der Waals surface area contributed by atoms with Crippen LogP contribution in [0.2, 0.25) is 0 Å². The number of nitrogens with zero attached hydrogens (tertiary/aromatic N) is 9. The van der Waals surface area contributed by atoms with Gasteiger partial charge in [0.15, 0.2) is 4.34 Å². The van der Waals surface area contributed by atoms with E-state index < -0.39 is 0 Å². The third-order valence-electron chi connectivity index (χ3n) is 5.80. The van der Waals surface area contributed by atoms with Crippen molar-refractivity contribution < 1.29 is 0 Å². The summed E-state index contributed by atoms with van der Waals surface area (Å²) in [7, 11) is 0. The van der Waals surface area contributed by atoms with Crippen molar-refractivity contribution in [2.45, 2.75) is 38.0 Å². The van der Waals surface area contributed by atoms with Crippen LogP contribution in [0, 0.1) is 13.8 Å². The summed E-state index contributed by atoms with van der Waals surface area (Å²) in [5, 5.41) is 37.1. The van der Waals surface area contributed by atoms with Crippen LogP contribution < -0.4 is 4.90 Å². The maximum Gasteiger partial charge on any atom is 0.252 e. The Hall–Kier alpha value is -3.35. The highest BCUT2D eigenvalue weighted by atomic mass is 32.2. The first-order valence-corrected chi connectivity index (χ1v) is 15.0. The molecule has 0 aliphatic carbocycles. The second-order valence-corrected chi connectivity index (χ2v) is 12.1. The van der Waals surface area contributed by atoms with Gasteiger partial charge in [-0.1, -0.05) is 41.4 Å². The van der Waals surface area contributed by atoms with Gasteiger partial charge in [-0.05, 0) is 92.1 Å². The van der Waals surface area contributed by atoms with Crippen LogP contribution in [0.1, 0.15) is 30.9 Å². The van der Waals surface area contributed by atoms with Crippen molar-refractivity contribution in [3.63, 3.8) is 0 Å². The lowest BCUT2D eigenvalue weighted by molar-refractivity contribution is 0.949. The first-order chi connectivity index (χ1) is 18.6. The minimum absolute atomic E-state index is 0.546. The number of anilines is 1. The first kappa shape index (κ1) is 26.3. The molecule has 1 aliphatic rings. The summed E-state index contributed by atoms with van der Waals surface area (Å²) in [6.45, 7) is 8.31. The quantitative estimate of drug-likeness (QED) is 0.150. The summed E-state index contributed by atoms with van der Waals surface area (Å²) in [4.78, 5) is 2.41. The molecule has 9 nitrogen and oxygen atoms in total. The molecule has 4 aromatic rings. The van der Waals surface area contributed by atoms with E-state index in [9.17, 15) is 0 Å². The van der Waals surface area contributed by atoms with Crippen LogP contribution >= 0.6 is 34.4 Å². The van der Waals surface area contributed by atoms with E-state index in [-0.39, 0.29) is 0 Å². The van der Waals surface area contributed by atoms with Gasteiger partial charge in [0, 0.05) is 13.1 Å². The molecule has 3 heterocycles. The lowest BCUT2D eigenvalue weighted by atomic mass is 10.2. The van der Waals surface area contributed by atoms with Crippen molar-refractivity contribution in [2.75, 3.05) is 23.7 Å². The molecule has 1 fully saturated rings. The number of rotatable bonds is 9. The van der Waals surface area contributed by atoms with Gasteiger partial charge in [0.05, 0.1) is 27.8 Å². The van der Waals surface area contributed by atoms with Crippen molar-refractivity contribution in [3.8, 4) is 0 Å². The van der Waals surface area contributed by atoms with Gasteiger partial charge in [0.2, 0.25) is 0 Å². The second kappa shape index (κ2) is 12.5. The zero-order chi connectivity index (χ0) is 26.3. The molecular weight excluding hydrogens is 535 g/mol. The Balaban J connectivity index is 1.21. The van der Waals surface area contributed by atoms with Gasteiger partial charge in [0.1, 0.15) is 5.00 Å². The summed E-state index contributed by atoms with van der Waals surface area (Å²) < 4.78 is 0.898. The molecule has 0 atom stereocenters. The van der Waals surface area contributed by atoms with E-state index in [1.54, 1.807) is 23.1 Å². The van der Waals surface area contributed by atoms with Crippen LogP contribution in [0.15, 0.2) is 83.6 Å². The standard InChI is InChI=1S/C26H27N9S3/c1-4-36-26-34-33-25(38-26)32-30-22-10-7-19(15-18(22)3)27-29-21-9-8-20(16-17(21)2)28-31-23-11-12-24(37-23)35-13-5-6-14-35/h7-12,15-16H,4-6,13-14H2,1-3H3. The first-order valence-electron chi connectivity index (χ1n) is 12.3. The van der Waals surface area contributed by atoms with Crippen LogP contribution in [0.5, 0.6) is 0 Å². The summed E-state index contributed by atoms with van der Waals surface area (Å²) in [5.74, 6) is 0.949. The Bertz CT molecular complexity index is 1480. The van der Waals surface area contributed by atoms with Gasteiger partial charge >= 0.3 is 0 Å². The molecule has 0 bridgehead atoms. The normalized spacial score (nSPS) is 14.1. The summed E-state index contributed by atoms with van der Waals surface area (Å²) in [6.07, 6.45) is 2.53. The fourth-order valence-electron chi connectivity index (χ4n) is 3.85. The third-order valence-corrected chi connectivity index (χ3v) is 8.65. The predicted octanol–water partition coefficient (Wildman–Crippen LogP) is 10.2. The Kier molecular flexibility index (Phi) is 8.61. The van der Waals surface area contributed by atoms with Crippen molar-refractivity contribution in [1.82, 2.24) is 10.2 Å². The summed E-state index contributed by atoms with van der Waals surface area (Å²) >= 11 is 4.76. The van der Waals surface area contributed by atoms with E-state index in [1.807, 2.05) is 56.3 Å². The Morgan fingerprint density at radius 1 is 0.763 bits per heavy atom. The molecule has 194 valence electrons. The third kappa shape index (κ3) is 6.74. The van der Waals surface area contributed by atoms with Crippen LogP contribution in [0.25, 0.3) is 0 Å². The lowest BCUT2D eigenvalue weighted by Gasteiger charge is -2.13. The van der Waals surface area contributed by atoms with Crippen molar-refractivity contribution in [3.05, 3.63) is 59.7 Å². The second-order valence-electron chi connectivity index (χ2n) is 8.63. The molecule has 12 heteroatoms. The molecule has 38 heavy (non-hydrogen) atoms. The SMILES string of the molecule is CCSc1nnc(N=Nc2ccc(N=Nc3ccc(N=Nc4ccc(N5CCCC5)s4)cc3C)cc2C)s1. The number of azo groups is 3. The number of hydrogen-bond acceptors (Lipinski definition) is 12. The molecule has 0 spiro atoms. The van der Waals surface area contributed by atoms with Gasteiger partial charge < -0.3 is 4.90 Å². The van der Waals surface area contributed by atoms with Crippen LogP contribution in [-0.4, -0.2) is 29.0 Å². The molecular formula is C26H27N9S3. The predicted molar refractivity (Wildman–Crippen MR) is 157 cm³/mol. The van der Waals surface area contributed by atoms with Crippen LogP contribution in [0.3, 0.4) is 0 Å². The molecule has 0 N–H and O–H groups in total. The Morgan fingerprint density at radius 2 is 1.42 bits per heavy atom. The van der Waals surface area contributed by atoms with E-state index in [0.29, 0.717) is 5.13 Å². The summed E-state index contributed by atoms with van der Waals surface area (Å²) in [5.41, 5.74) is 5.01. The molecule has 0 amide bonds. The number of aryl methyl sites for hydroxylation is 2. The molecule has 5 rings (SSSR count). The fourth-order valence-corrected chi connectivity index (χ4v) is 6.29. The highest BCUT2D eigenvalue weighted by molar-refractivity contribution is 8.01. The Morgan fingerprint density at radius 3 is 2.08 bits per heavy atom. The number of hydrogen-bond donors (Lipinski definition) is 0. The molecule has 2 aromatic heterocycles. The molecule has 0 saturated carbocycles. The maximum absolute atomic E-state index is 4.44. The zero-order valence-electron chi connectivity index (χ0n) is 21.4. The minimum atomic E-state index is 0.546. The average Bonchev–Trinajstić information content (AvgIpc) is 3.69. The van der Waals surface area contributed by atoms with Crippen molar-refractivity contribution >= 4 is 72.3 Å². The summed E-state index contributed by atoms with van der Waals surface area (Å²) in [6, 6.07) is 15.7. The number of thiophene rings is 1. The largest absolute Gasteiger partial charge is 0.363 e. The van der Waals surface area contributed by atoms with Crippen LogP contribution in [0.4, 0.5) is 37.9 Å². The number of aromatic nitrogens is 2. The van der Waals surface area contributed by atoms with Gasteiger partial charge in [-0.3, -0.25) is 0 Å². The van der Waals surface area contributed by atoms with Crippen molar-refractivity contribution in [2.24, 2.45) is 30.7 Å². The van der Waals surface area contributed by atoms with E-state index in [1.165, 1.54) is 29.2 Å². The molecule has 1 saturated heterocycles. The minimum Gasteiger partial charge on any atom is -0.363 e. The highest BCUT2D eigenvalue weighted by Gasteiger charge is 2.14. The van der Waals surface area contributed by atoms with Gasteiger partial charge in [-0.15, -0.1) is 30.7 Å². The molecule has 0 unspecified atom stereocenters. The highest BCUT2D eigenvalue weighted by Crippen LogP contribution is 2.36. The van der Waals surface area contributed by atoms with E-state index in [2.05, 4.69) is 58.8 Å². The number of benzene rings is 2. The van der Waals surface area contributed by atoms with E-state index in [0.717, 1.165) is 62.1 Å². The van der Waals surface area contributed by atoms with Crippen molar-refractivity contribution in [1.29, 1.82) is 0 Å². The van der Waals surface area contributed by atoms with Gasteiger partial charge in [-0.25, -0.2) is 0 Å². The average molecular weight is 562 g/mol. The Labute approximate surface area is 233 Å². The number of thioether (sulfide) groups is 1. The monoisotopic (exact) mass is 561 g/mol. The van der Waals surface area contributed by atoms with Crippen LogP contribution in [-0.2, 0) is 0 Å². The fraction of sp³-hybridized carbons (Fsp3) is 0.308.